The molecule has 0 atom stereocenters. The van der Waals surface area contributed by atoms with Crippen molar-refractivity contribution < 1.29 is 10.0 Å². The molecule has 0 unspecified atom stereocenters. The number of nitrogens with one attached hydrogen (secondary N) is 1. The predicted molar refractivity (Wildman–Crippen MR) is 58.2 cm³/mol. The molecule has 0 saturated carbocycles. The van der Waals surface area contributed by atoms with E-state index in [0.717, 1.165) is 23.6 Å². The minimum Gasteiger partial charge on any atom is -0.352 e. The van der Waals surface area contributed by atoms with Crippen LogP contribution in [-0.4, -0.2) is 29.3 Å². The molecule has 2 N–H and O–H groups in total. The van der Waals surface area contributed by atoms with E-state index in [4.69, 9.17) is 5.26 Å². The van der Waals surface area contributed by atoms with Crippen LogP contribution in [0.15, 0.2) is 23.4 Å². The molecule has 0 aromatic carbocycles. The Balaban J connectivity index is 2.74. The fourth-order valence-electron chi connectivity index (χ4n) is 1.45. The van der Waals surface area contributed by atoms with Crippen LogP contribution in [0.4, 0.5) is 0 Å². The second-order valence-electron chi connectivity index (χ2n) is 3.44. The summed E-state index contributed by atoms with van der Waals surface area (Å²) in [7, 11) is 0. The van der Waals surface area contributed by atoms with Gasteiger partial charge in [0.2, 0.25) is 0 Å². The van der Waals surface area contributed by atoms with Crippen molar-refractivity contribution in [1.82, 2.24) is 10.4 Å². The fourth-order valence-corrected chi connectivity index (χ4v) is 1.45. The average molecular weight is 221 g/mol. The van der Waals surface area contributed by atoms with E-state index in [1.165, 1.54) is 6.08 Å². The van der Waals surface area contributed by atoms with Gasteiger partial charge in [0.15, 0.2) is 0 Å². The van der Waals surface area contributed by atoms with Gasteiger partial charge in [0.25, 0.3) is 5.91 Å². The minimum atomic E-state index is -0.385. The van der Waals surface area contributed by atoms with Crippen molar-refractivity contribution in [1.29, 1.82) is 5.26 Å². The SMILES string of the molecule is CCNC(=O)C(C#N)=CC=C1CCCN1O. The van der Waals surface area contributed by atoms with Gasteiger partial charge in [-0.15, -0.1) is 0 Å². The molecule has 0 bridgehead atoms. The van der Waals surface area contributed by atoms with Gasteiger partial charge < -0.3 is 5.32 Å². The first-order chi connectivity index (χ1) is 7.69. The van der Waals surface area contributed by atoms with E-state index in [-0.39, 0.29) is 11.5 Å². The van der Waals surface area contributed by atoms with Gasteiger partial charge in [-0.25, -0.2) is 0 Å². The first-order valence-electron chi connectivity index (χ1n) is 5.24. The topological polar surface area (TPSA) is 76.4 Å². The molecule has 0 aromatic heterocycles. The number of hydrogen-bond acceptors (Lipinski definition) is 4. The van der Waals surface area contributed by atoms with Crippen molar-refractivity contribution in [3.63, 3.8) is 0 Å². The Morgan fingerprint density at radius 2 is 2.50 bits per heavy atom. The third-order valence-corrected chi connectivity index (χ3v) is 2.28. The molecule has 1 aliphatic rings. The molecule has 5 nitrogen and oxygen atoms in total. The number of hydroxylamine groups is 2. The number of rotatable bonds is 3. The number of allylic oxidation sites excluding steroid dienone is 3. The maximum Gasteiger partial charge on any atom is 0.261 e. The molecule has 0 aromatic rings. The molecule has 86 valence electrons. The number of carbonyl (C=O) groups excluding carboxylic acids is 1. The lowest BCUT2D eigenvalue weighted by atomic mass is 10.2. The first-order valence-corrected chi connectivity index (χ1v) is 5.24. The molecule has 16 heavy (non-hydrogen) atoms. The summed E-state index contributed by atoms with van der Waals surface area (Å²) < 4.78 is 0. The maximum atomic E-state index is 11.4. The second kappa shape index (κ2) is 5.93. The molecule has 1 fully saturated rings. The first kappa shape index (κ1) is 12.3. The van der Waals surface area contributed by atoms with Crippen molar-refractivity contribution in [2.45, 2.75) is 19.8 Å². The van der Waals surface area contributed by atoms with Gasteiger partial charge in [-0.3, -0.25) is 15.1 Å². The Morgan fingerprint density at radius 1 is 1.75 bits per heavy atom. The third-order valence-electron chi connectivity index (χ3n) is 2.28. The zero-order valence-corrected chi connectivity index (χ0v) is 9.23. The number of carbonyl (C=O) groups is 1. The van der Waals surface area contributed by atoms with E-state index in [0.29, 0.717) is 13.1 Å². The van der Waals surface area contributed by atoms with Crippen molar-refractivity contribution in [3.8, 4) is 6.07 Å². The second-order valence-corrected chi connectivity index (χ2v) is 3.44. The molecule has 0 aliphatic carbocycles. The molecule has 1 rings (SSSR count). The van der Waals surface area contributed by atoms with Crippen LogP contribution in [0.1, 0.15) is 19.8 Å². The summed E-state index contributed by atoms with van der Waals surface area (Å²) in [6.45, 7) is 2.88. The lowest BCUT2D eigenvalue weighted by Crippen LogP contribution is -2.23. The van der Waals surface area contributed by atoms with Gasteiger partial charge in [0.1, 0.15) is 11.6 Å². The van der Waals surface area contributed by atoms with Crippen LogP contribution in [0, 0.1) is 11.3 Å². The van der Waals surface area contributed by atoms with Gasteiger partial charge in [0, 0.05) is 18.8 Å². The van der Waals surface area contributed by atoms with Crippen LogP contribution in [0.2, 0.25) is 0 Å². The van der Waals surface area contributed by atoms with Gasteiger partial charge >= 0.3 is 0 Å². The lowest BCUT2D eigenvalue weighted by molar-refractivity contribution is -0.117. The lowest BCUT2D eigenvalue weighted by Gasteiger charge is -2.08. The van der Waals surface area contributed by atoms with E-state index in [2.05, 4.69) is 5.32 Å². The number of likely N-dealkylation sites (N-methyl/N-ethyl adjacent to an activating group) is 1. The van der Waals surface area contributed by atoms with Crippen LogP contribution >= 0.6 is 0 Å². The Bertz CT molecular complexity index is 366. The van der Waals surface area contributed by atoms with Crippen LogP contribution in [0.5, 0.6) is 0 Å². The maximum absolute atomic E-state index is 11.4. The van der Waals surface area contributed by atoms with Gasteiger partial charge in [0.05, 0.1) is 0 Å². The van der Waals surface area contributed by atoms with E-state index >= 15 is 0 Å². The van der Waals surface area contributed by atoms with Crippen molar-refractivity contribution in [2.24, 2.45) is 0 Å². The van der Waals surface area contributed by atoms with Crippen molar-refractivity contribution in [3.05, 3.63) is 23.4 Å². The molecular weight excluding hydrogens is 206 g/mol. The highest BCUT2D eigenvalue weighted by Gasteiger charge is 2.14. The summed E-state index contributed by atoms with van der Waals surface area (Å²) in [6, 6.07) is 1.83. The Kier molecular flexibility index (Phi) is 4.55. The van der Waals surface area contributed by atoms with Crippen LogP contribution in [0.3, 0.4) is 0 Å². The fraction of sp³-hybridized carbons (Fsp3) is 0.455. The highest BCUT2D eigenvalue weighted by atomic mass is 16.5. The summed E-state index contributed by atoms with van der Waals surface area (Å²) in [5, 5.41) is 21.8. The van der Waals surface area contributed by atoms with E-state index in [9.17, 15) is 10.0 Å². The van der Waals surface area contributed by atoms with Gasteiger partial charge in [-0.1, -0.05) is 0 Å². The smallest absolute Gasteiger partial charge is 0.261 e. The summed E-state index contributed by atoms with van der Waals surface area (Å²) in [5.74, 6) is -0.385. The third kappa shape index (κ3) is 3.11. The van der Waals surface area contributed by atoms with E-state index < -0.39 is 0 Å². The molecule has 1 heterocycles. The monoisotopic (exact) mass is 221 g/mol. The standard InChI is InChI=1S/C11H15N3O2/c1-2-13-11(15)9(8-12)5-6-10-4-3-7-14(10)16/h5-6,16H,2-4,7H2,1H3,(H,13,15). The highest BCUT2D eigenvalue weighted by Crippen LogP contribution is 2.18. The van der Waals surface area contributed by atoms with Crippen molar-refractivity contribution in [2.75, 3.05) is 13.1 Å². The summed E-state index contributed by atoms with van der Waals surface area (Å²) in [4.78, 5) is 11.4. The number of nitrogens with zero attached hydrogens (tertiary/aromatic N) is 2. The molecule has 0 radical (unpaired) electrons. The van der Waals surface area contributed by atoms with Gasteiger partial charge in [-0.2, -0.15) is 5.26 Å². The molecule has 1 aliphatic heterocycles. The Morgan fingerprint density at radius 3 is 3.00 bits per heavy atom. The molecule has 5 heteroatoms. The highest BCUT2D eigenvalue weighted by molar-refractivity contribution is 5.97. The molecule has 0 spiro atoms. The van der Waals surface area contributed by atoms with Crippen LogP contribution in [-0.2, 0) is 4.79 Å². The van der Waals surface area contributed by atoms with Crippen LogP contribution < -0.4 is 5.32 Å². The number of amides is 1. The average Bonchev–Trinajstić information content (AvgIpc) is 2.66. The largest absolute Gasteiger partial charge is 0.352 e. The van der Waals surface area contributed by atoms with E-state index in [1.54, 1.807) is 13.0 Å². The van der Waals surface area contributed by atoms with Crippen LogP contribution in [0.25, 0.3) is 0 Å². The summed E-state index contributed by atoms with van der Waals surface area (Å²) in [6.07, 6.45) is 4.70. The van der Waals surface area contributed by atoms with Gasteiger partial charge in [-0.05, 0) is 31.9 Å². The predicted octanol–water partition coefficient (Wildman–Crippen LogP) is 0.941. The molecule has 1 saturated heterocycles. The number of hydrogen-bond donors (Lipinski definition) is 2. The summed E-state index contributed by atoms with van der Waals surface area (Å²) in [5.41, 5.74) is 0.784. The number of nitriles is 1. The Labute approximate surface area is 94.6 Å². The van der Waals surface area contributed by atoms with E-state index in [1.807, 2.05) is 6.07 Å². The zero-order valence-electron chi connectivity index (χ0n) is 9.23. The summed E-state index contributed by atoms with van der Waals surface area (Å²) >= 11 is 0. The Hall–Kier alpha value is -1.80. The minimum absolute atomic E-state index is 0.0506. The van der Waals surface area contributed by atoms with Crippen molar-refractivity contribution >= 4 is 5.91 Å². The normalized spacial score (nSPS) is 18.7. The molecular formula is C11H15N3O2. The molecule has 1 amide bonds. The quantitative estimate of drug-likeness (QED) is 0.549. The zero-order chi connectivity index (χ0) is 12.0.